The lowest BCUT2D eigenvalue weighted by atomic mass is 10.1. The first-order chi connectivity index (χ1) is 10.5. The van der Waals surface area contributed by atoms with Crippen molar-refractivity contribution in [2.75, 3.05) is 6.54 Å². The minimum atomic E-state index is -0.934. The highest BCUT2D eigenvalue weighted by atomic mass is 16.4. The molecule has 0 saturated carbocycles. The summed E-state index contributed by atoms with van der Waals surface area (Å²) in [4.78, 5) is 22.9. The summed E-state index contributed by atoms with van der Waals surface area (Å²) in [5.74, 6) is -1.86. The summed E-state index contributed by atoms with van der Waals surface area (Å²) in [6.45, 7) is 4.06. The summed E-state index contributed by atoms with van der Waals surface area (Å²) in [6.07, 6.45) is 1.51. The van der Waals surface area contributed by atoms with Crippen LogP contribution in [0.2, 0.25) is 0 Å². The third kappa shape index (κ3) is 3.72. The fourth-order valence-electron chi connectivity index (χ4n) is 2.01. The number of carboxylic acid groups (broad SMARTS) is 1. The standard InChI is InChI=1S/C16H19N3O3/c1-11(16(21)22)8-17-15(20)14-9-18-19(12(14)2)10-13-6-4-3-5-7-13/h3-7,9,11H,8,10H2,1-2H3,(H,17,20)(H,21,22)/t11-/m1/s1. The van der Waals surface area contributed by atoms with Crippen molar-refractivity contribution in [3.63, 3.8) is 0 Å². The van der Waals surface area contributed by atoms with E-state index in [0.29, 0.717) is 12.1 Å². The number of carboxylic acids is 1. The average Bonchev–Trinajstić information content (AvgIpc) is 2.86. The van der Waals surface area contributed by atoms with Crippen molar-refractivity contribution >= 4 is 11.9 Å². The SMILES string of the molecule is Cc1c(C(=O)NC[C@@H](C)C(=O)O)cnn1Cc1ccccc1. The van der Waals surface area contributed by atoms with E-state index in [1.165, 1.54) is 6.20 Å². The Morgan fingerprint density at radius 1 is 1.32 bits per heavy atom. The van der Waals surface area contributed by atoms with Gasteiger partial charge >= 0.3 is 5.97 Å². The van der Waals surface area contributed by atoms with Crippen molar-refractivity contribution in [1.82, 2.24) is 15.1 Å². The van der Waals surface area contributed by atoms with Crippen LogP contribution < -0.4 is 5.32 Å². The lowest BCUT2D eigenvalue weighted by molar-refractivity contribution is -0.140. The van der Waals surface area contributed by atoms with Crippen LogP contribution >= 0.6 is 0 Å². The Hall–Kier alpha value is -2.63. The number of hydrogen-bond donors (Lipinski definition) is 2. The number of rotatable bonds is 6. The number of benzene rings is 1. The topological polar surface area (TPSA) is 84.2 Å². The maximum atomic E-state index is 12.1. The van der Waals surface area contributed by atoms with Gasteiger partial charge in [0.05, 0.1) is 24.2 Å². The summed E-state index contributed by atoms with van der Waals surface area (Å²) in [5.41, 5.74) is 2.32. The molecule has 0 unspecified atom stereocenters. The van der Waals surface area contributed by atoms with Gasteiger partial charge in [0.1, 0.15) is 0 Å². The van der Waals surface area contributed by atoms with Crippen LogP contribution in [0.25, 0.3) is 0 Å². The van der Waals surface area contributed by atoms with Gasteiger partial charge in [-0.05, 0) is 12.5 Å². The third-order valence-electron chi connectivity index (χ3n) is 3.51. The van der Waals surface area contributed by atoms with Crippen molar-refractivity contribution in [3.05, 3.63) is 53.3 Å². The number of hydrogen-bond acceptors (Lipinski definition) is 3. The monoisotopic (exact) mass is 301 g/mol. The zero-order valence-corrected chi connectivity index (χ0v) is 12.6. The Labute approximate surface area is 128 Å². The van der Waals surface area contributed by atoms with E-state index < -0.39 is 11.9 Å². The van der Waals surface area contributed by atoms with E-state index in [1.807, 2.05) is 37.3 Å². The van der Waals surface area contributed by atoms with Crippen LogP contribution in [0.4, 0.5) is 0 Å². The molecule has 0 bridgehead atoms. The molecule has 1 atom stereocenters. The number of nitrogens with one attached hydrogen (secondary N) is 1. The van der Waals surface area contributed by atoms with Crippen LogP contribution in [0.15, 0.2) is 36.5 Å². The molecular formula is C16H19N3O3. The Bertz CT molecular complexity index is 665. The smallest absolute Gasteiger partial charge is 0.308 e. The highest BCUT2D eigenvalue weighted by Gasteiger charge is 2.17. The van der Waals surface area contributed by atoms with Gasteiger partial charge in [0.2, 0.25) is 0 Å². The molecule has 0 fully saturated rings. The second-order valence-electron chi connectivity index (χ2n) is 5.24. The van der Waals surface area contributed by atoms with E-state index >= 15 is 0 Å². The van der Waals surface area contributed by atoms with E-state index in [-0.39, 0.29) is 12.5 Å². The maximum Gasteiger partial charge on any atom is 0.308 e. The maximum absolute atomic E-state index is 12.1. The van der Waals surface area contributed by atoms with E-state index in [2.05, 4.69) is 10.4 Å². The van der Waals surface area contributed by atoms with E-state index in [4.69, 9.17) is 5.11 Å². The molecule has 0 aliphatic carbocycles. The van der Waals surface area contributed by atoms with Crippen LogP contribution in [0, 0.1) is 12.8 Å². The second-order valence-corrected chi connectivity index (χ2v) is 5.24. The number of nitrogens with zero attached hydrogens (tertiary/aromatic N) is 2. The summed E-state index contributed by atoms with van der Waals surface area (Å²) < 4.78 is 1.75. The largest absolute Gasteiger partial charge is 0.481 e. The number of carbonyl (C=O) groups is 2. The Kier molecular flexibility index (Phi) is 4.93. The normalized spacial score (nSPS) is 11.9. The van der Waals surface area contributed by atoms with Crippen LogP contribution in [-0.2, 0) is 11.3 Å². The molecule has 1 amide bonds. The second kappa shape index (κ2) is 6.89. The highest BCUT2D eigenvalue weighted by molar-refractivity contribution is 5.95. The Morgan fingerprint density at radius 3 is 2.64 bits per heavy atom. The first kappa shape index (κ1) is 15.8. The predicted molar refractivity (Wildman–Crippen MR) is 81.6 cm³/mol. The molecule has 6 nitrogen and oxygen atoms in total. The van der Waals surface area contributed by atoms with E-state index in [0.717, 1.165) is 11.3 Å². The highest BCUT2D eigenvalue weighted by Crippen LogP contribution is 2.10. The number of carbonyl (C=O) groups excluding carboxylic acids is 1. The van der Waals surface area contributed by atoms with Gasteiger partial charge in [-0.3, -0.25) is 14.3 Å². The molecule has 1 aromatic carbocycles. The molecule has 6 heteroatoms. The molecule has 0 saturated heterocycles. The van der Waals surface area contributed by atoms with Gasteiger partial charge in [-0.15, -0.1) is 0 Å². The number of aromatic nitrogens is 2. The van der Waals surface area contributed by atoms with Crippen molar-refractivity contribution < 1.29 is 14.7 Å². The molecule has 0 aliphatic heterocycles. The quantitative estimate of drug-likeness (QED) is 0.850. The molecule has 2 aromatic rings. The van der Waals surface area contributed by atoms with Gasteiger partial charge in [0, 0.05) is 12.2 Å². The first-order valence-corrected chi connectivity index (χ1v) is 7.06. The molecule has 0 spiro atoms. The molecule has 0 aliphatic rings. The van der Waals surface area contributed by atoms with Gasteiger partial charge in [0.25, 0.3) is 5.91 Å². The minimum absolute atomic E-state index is 0.0947. The Morgan fingerprint density at radius 2 is 2.00 bits per heavy atom. The van der Waals surface area contributed by atoms with Gasteiger partial charge in [-0.1, -0.05) is 37.3 Å². The van der Waals surface area contributed by atoms with Gasteiger partial charge in [-0.2, -0.15) is 5.10 Å². The molecule has 1 aromatic heterocycles. The molecule has 22 heavy (non-hydrogen) atoms. The van der Waals surface area contributed by atoms with Gasteiger partial charge in [-0.25, -0.2) is 0 Å². The molecule has 1 heterocycles. The lowest BCUT2D eigenvalue weighted by Gasteiger charge is -2.09. The predicted octanol–water partition coefficient (Wildman–Crippen LogP) is 1.69. The molecule has 0 radical (unpaired) electrons. The summed E-state index contributed by atoms with van der Waals surface area (Å²) in [7, 11) is 0. The van der Waals surface area contributed by atoms with E-state index in [9.17, 15) is 9.59 Å². The third-order valence-corrected chi connectivity index (χ3v) is 3.51. The number of aliphatic carboxylic acids is 1. The van der Waals surface area contributed by atoms with Crippen LogP contribution in [-0.4, -0.2) is 33.3 Å². The number of amides is 1. The van der Waals surface area contributed by atoms with E-state index in [1.54, 1.807) is 11.6 Å². The molecule has 116 valence electrons. The van der Waals surface area contributed by atoms with Crippen molar-refractivity contribution in [3.8, 4) is 0 Å². The van der Waals surface area contributed by atoms with Gasteiger partial charge in [0.15, 0.2) is 0 Å². The fourth-order valence-corrected chi connectivity index (χ4v) is 2.01. The summed E-state index contributed by atoms with van der Waals surface area (Å²) in [5, 5.41) is 15.7. The van der Waals surface area contributed by atoms with Gasteiger partial charge < -0.3 is 10.4 Å². The summed E-state index contributed by atoms with van der Waals surface area (Å²) in [6, 6.07) is 9.84. The van der Waals surface area contributed by atoms with Crippen LogP contribution in [0.1, 0.15) is 28.5 Å². The minimum Gasteiger partial charge on any atom is -0.481 e. The molecule has 2 N–H and O–H groups in total. The average molecular weight is 301 g/mol. The first-order valence-electron chi connectivity index (χ1n) is 7.06. The van der Waals surface area contributed by atoms with Crippen LogP contribution in [0.5, 0.6) is 0 Å². The zero-order chi connectivity index (χ0) is 16.1. The fraction of sp³-hybridized carbons (Fsp3) is 0.312. The zero-order valence-electron chi connectivity index (χ0n) is 12.6. The van der Waals surface area contributed by atoms with Crippen molar-refractivity contribution in [2.24, 2.45) is 5.92 Å². The van der Waals surface area contributed by atoms with Crippen molar-refractivity contribution in [1.29, 1.82) is 0 Å². The molecule has 2 rings (SSSR count). The summed E-state index contributed by atoms with van der Waals surface area (Å²) >= 11 is 0. The Balaban J connectivity index is 2.04. The van der Waals surface area contributed by atoms with Crippen molar-refractivity contribution in [2.45, 2.75) is 20.4 Å². The van der Waals surface area contributed by atoms with Crippen LogP contribution in [0.3, 0.4) is 0 Å². The molecular weight excluding hydrogens is 282 g/mol. The lowest BCUT2D eigenvalue weighted by Crippen LogP contribution is -2.31.